The molecule has 3 heteroatoms. The molecular formula is C15H31NO2. The molecule has 0 amide bonds. The molecule has 3 unspecified atom stereocenters. The molecule has 0 aliphatic heterocycles. The van der Waals surface area contributed by atoms with E-state index in [1.165, 1.54) is 32.1 Å². The zero-order valence-corrected chi connectivity index (χ0v) is 12.3. The van der Waals surface area contributed by atoms with Gasteiger partial charge >= 0.3 is 0 Å². The van der Waals surface area contributed by atoms with Gasteiger partial charge in [-0.1, -0.05) is 26.2 Å². The summed E-state index contributed by atoms with van der Waals surface area (Å²) in [6.45, 7) is 8.46. The predicted octanol–water partition coefficient (Wildman–Crippen LogP) is 2.58. The standard InChI is InChI=1S/C15H31NO2/c1-12(2)18-11-15(17)10-16-8-7-14-6-4-5-13(3)9-14/h12-17H,4-11H2,1-3H3. The topological polar surface area (TPSA) is 41.5 Å². The van der Waals surface area contributed by atoms with Crippen LogP contribution in [0.5, 0.6) is 0 Å². The van der Waals surface area contributed by atoms with Gasteiger partial charge in [-0.2, -0.15) is 0 Å². The highest BCUT2D eigenvalue weighted by Gasteiger charge is 2.18. The van der Waals surface area contributed by atoms with Crippen molar-refractivity contribution >= 4 is 0 Å². The molecular weight excluding hydrogens is 226 g/mol. The van der Waals surface area contributed by atoms with Gasteiger partial charge < -0.3 is 15.2 Å². The van der Waals surface area contributed by atoms with Crippen LogP contribution < -0.4 is 5.32 Å². The fourth-order valence-electron chi connectivity index (χ4n) is 2.76. The summed E-state index contributed by atoms with van der Waals surface area (Å²) in [4.78, 5) is 0. The molecule has 0 radical (unpaired) electrons. The van der Waals surface area contributed by atoms with Gasteiger partial charge in [0.1, 0.15) is 0 Å². The average molecular weight is 257 g/mol. The van der Waals surface area contributed by atoms with Gasteiger partial charge in [-0.25, -0.2) is 0 Å². The summed E-state index contributed by atoms with van der Waals surface area (Å²) in [7, 11) is 0. The van der Waals surface area contributed by atoms with Crippen molar-refractivity contribution in [1.29, 1.82) is 0 Å². The Morgan fingerprint density at radius 3 is 2.78 bits per heavy atom. The second kappa shape index (κ2) is 8.89. The van der Waals surface area contributed by atoms with Crippen molar-refractivity contribution in [3.63, 3.8) is 0 Å². The summed E-state index contributed by atoms with van der Waals surface area (Å²) in [6, 6.07) is 0. The van der Waals surface area contributed by atoms with E-state index in [1.807, 2.05) is 13.8 Å². The van der Waals surface area contributed by atoms with Crippen LogP contribution in [-0.2, 0) is 4.74 Å². The predicted molar refractivity (Wildman–Crippen MR) is 75.7 cm³/mol. The Balaban J connectivity index is 1.97. The van der Waals surface area contributed by atoms with Gasteiger partial charge in [-0.15, -0.1) is 0 Å². The van der Waals surface area contributed by atoms with Gasteiger partial charge in [0.2, 0.25) is 0 Å². The number of aliphatic hydroxyl groups excluding tert-OH is 1. The quantitative estimate of drug-likeness (QED) is 0.657. The lowest BCUT2D eigenvalue weighted by atomic mass is 9.81. The summed E-state index contributed by atoms with van der Waals surface area (Å²) in [5.41, 5.74) is 0. The highest BCUT2D eigenvalue weighted by molar-refractivity contribution is 4.71. The summed E-state index contributed by atoms with van der Waals surface area (Å²) in [5, 5.41) is 13.0. The molecule has 0 aromatic rings. The van der Waals surface area contributed by atoms with E-state index in [2.05, 4.69) is 12.2 Å². The number of nitrogens with one attached hydrogen (secondary N) is 1. The van der Waals surface area contributed by atoms with Crippen LogP contribution in [0, 0.1) is 11.8 Å². The van der Waals surface area contributed by atoms with E-state index < -0.39 is 0 Å². The monoisotopic (exact) mass is 257 g/mol. The van der Waals surface area contributed by atoms with Crippen molar-refractivity contribution in [2.45, 2.75) is 65.1 Å². The van der Waals surface area contributed by atoms with Crippen molar-refractivity contribution < 1.29 is 9.84 Å². The first-order chi connectivity index (χ1) is 8.58. The largest absolute Gasteiger partial charge is 0.389 e. The van der Waals surface area contributed by atoms with E-state index >= 15 is 0 Å². The van der Waals surface area contributed by atoms with Crippen LogP contribution in [0.25, 0.3) is 0 Å². The SMILES string of the molecule is CC1CCCC(CCNCC(O)COC(C)C)C1. The minimum atomic E-state index is -0.377. The fourth-order valence-corrected chi connectivity index (χ4v) is 2.76. The maximum atomic E-state index is 9.69. The maximum Gasteiger partial charge on any atom is 0.0897 e. The van der Waals surface area contributed by atoms with E-state index in [0.717, 1.165) is 18.4 Å². The average Bonchev–Trinajstić information content (AvgIpc) is 2.32. The van der Waals surface area contributed by atoms with Gasteiger partial charge in [-0.05, 0) is 45.1 Å². The first kappa shape index (κ1) is 15.9. The normalized spacial score (nSPS) is 26.5. The van der Waals surface area contributed by atoms with E-state index in [1.54, 1.807) is 0 Å². The molecule has 0 aromatic heterocycles. The second-order valence-electron chi connectivity index (χ2n) is 6.17. The van der Waals surface area contributed by atoms with E-state index in [9.17, 15) is 5.11 Å². The number of aliphatic hydroxyl groups is 1. The summed E-state index contributed by atoms with van der Waals surface area (Å²) < 4.78 is 5.37. The van der Waals surface area contributed by atoms with E-state index in [4.69, 9.17) is 4.74 Å². The van der Waals surface area contributed by atoms with Crippen molar-refractivity contribution in [1.82, 2.24) is 5.32 Å². The van der Waals surface area contributed by atoms with Crippen LogP contribution in [0.3, 0.4) is 0 Å². The minimum Gasteiger partial charge on any atom is -0.389 e. The minimum absolute atomic E-state index is 0.198. The van der Waals surface area contributed by atoms with Crippen LogP contribution in [0.1, 0.15) is 52.9 Å². The van der Waals surface area contributed by atoms with Crippen molar-refractivity contribution in [3.05, 3.63) is 0 Å². The molecule has 3 atom stereocenters. The lowest BCUT2D eigenvalue weighted by Crippen LogP contribution is -2.32. The summed E-state index contributed by atoms with van der Waals surface area (Å²) in [6.07, 6.45) is 6.67. The fraction of sp³-hybridized carbons (Fsp3) is 1.00. The molecule has 0 bridgehead atoms. The molecule has 0 aromatic carbocycles. The zero-order chi connectivity index (χ0) is 13.4. The molecule has 1 fully saturated rings. The van der Waals surface area contributed by atoms with Crippen LogP contribution in [-0.4, -0.2) is 37.0 Å². The molecule has 0 saturated heterocycles. The number of rotatable bonds is 8. The molecule has 3 nitrogen and oxygen atoms in total. The Morgan fingerprint density at radius 2 is 2.11 bits per heavy atom. The van der Waals surface area contributed by atoms with Crippen LogP contribution in [0.15, 0.2) is 0 Å². The highest BCUT2D eigenvalue weighted by Crippen LogP contribution is 2.30. The van der Waals surface area contributed by atoms with Gasteiger partial charge in [-0.3, -0.25) is 0 Å². The van der Waals surface area contributed by atoms with Gasteiger partial charge in [0.15, 0.2) is 0 Å². The Bertz CT molecular complexity index is 209. The third-order valence-corrected chi connectivity index (χ3v) is 3.78. The van der Waals surface area contributed by atoms with Gasteiger partial charge in [0.25, 0.3) is 0 Å². The Kier molecular flexibility index (Phi) is 7.87. The Morgan fingerprint density at radius 1 is 1.33 bits per heavy atom. The van der Waals surface area contributed by atoms with E-state index in [0.29, 0.717) is 13.2 Å². The second-order valence-corrected chi connectivity index (χ2v) is 6.17. The van der Waals surface area contributed by atoms with Crippen LogP contribution in [0.4, 0.5) is 0 Å². The lowest BCUT2D eigenvalue weighted by molar-refractivity contribution is 0.00633. The molecule has 2 N–H and O–H groups in total. The van der Waals surface area contributed by atoms with Gasteiger partial charge in [0, 0.05) is 6.54 Å². The highest BCUT2D eigenvalue weighted by atomic mass is 16.5. The smallest absolute Gasteiger partial charge is 0.0897 e. The summed E-state index contributed by atoms with van der Waals surface area (Å²) in [5.74, 6) is 1.80. The summed E-state index contributed by atoms with van der Waals surface area (Å²) >= 11 is 0. The third-order valence-electron chi connectivity index (χ3n) is 3.78. The van der Waals surface area contributed by atoms with E-state index in [-0.39, 0.29) is 12.2 Å². The molecule has 1 saturated carbocycles. The van der Waals surface area contributed by atoms with Crippen molar-refractivity contribution in [3.8, 4) is 0 Å². The van der Waals surface area contributed by atoms with Crippen LogP contribution in [0.2, 0.25) is 0 Å². The van der Waals surface area contributed by atoms with Crippen molar-refractivity contribution in [2.75, 3.05) is 19.7 Å². The molecule has 0 heterocycles. The first-order valence-electron chi connectivity index (χ1n) is 7.58. The molecule has 108 valence electrons. The number of ether oxygens (including phenoxy) is 1. The number of hydrogen-bond acceptors (Lipinski definition) is 3. The zero-order valence-electron chi connectivity index (χ0n) is 12.3. The molecule has 1 aliphatic carbocycles. The Hall–Kier alpha value is -0.120. The van der Waals surface area contributed by atoms with Gasteiger partial charge in [0.05, 0.1) is 18.8 Å². The molecule has 1 rings (SSSR count). The first-order valence-corrected chi connectivity index (χ1v) is 7.58. The molecule has 1 aliphatic rings. The third kappa shape index (κ3) is 7.34. The van der Waals surface area contributed by atoms with Crippen molar-refractivity contribution in [2.24, 2.45) is 11.8 Å². The Labute approximate surface area is 112 Å². The molecule has 0 spiro atoms. The number of hydrogen-bond donors (Lipinski definition) is 2. The van der Waals surface area contributed by atoms with Crippen LogP contribution >= 0.6 is 0 Å². The molecule has 18 heavy (non-hydrogen) atoms. The maximum absolute atomic E-state index is 9.69. The lowest BCUT2D eigenvalue weighted by Gasteiger charge is -2.26.